The van der Waals surface area contributed by atoms with Gasteiger partial charge < -0.3 is 0 Å². The number of halogens is 2. The summed E-state index contributed by atoms with van der Waals surface area (Å²) in [5.41, 5.74) is 0.417. The van der Waals surface area contributed by atoms with Gasteiger partial charge in [0.15, 0.2) is 0 Å². The van der Waals surface area contributed by atoms with Crippen molar-refractivity contribution < 1.29 is 8.60 Å². The molecule has 1 unspecified atom stereocenters. The molecule has 0 fully saturated rings. The Labute approximate surface area is 91.8 Å². The largest absolute Gasteiger partial charge is 0.250 e. The van der Waals surface area contributed by atoms with Gasteiger partial charge in [-0.3, -0.25) is 0 Å². The molecule has 14 heavy (non-hydrogen) atoms. The molecule has 0 saturated heterocycles. The van der Waals surface area contributed by atoms with E-state index >= 15 is 0 Å². The van der Waals surface area contributed by atoms with Gasteiger partial charge in [0.05, 0.1) is 10.2 Å². The van der Waals surface area contributed by atoms with Crippen molar-refractivity contribution in [2.75, 3.05) is 12.0 Å². The molecule has 1 aromatic carbocycles. The van der Waals surface area contributed by atoms with Crippen LogP contribution in [0.5, 0.6) is 0 Å². The van der Waals surface area contributed by atoms with Gasteiger partial charge in [-0.25, -0.2) is 8.60 Å². The first-order valence-electron chi connectivity index (χ1n) is 4.09. The number of hydrogen-bond acceptors (Lipinski definition) is 2. The summed E-state index contributed by atoms with van der Waals surface area (Å²) in [6.07, 6.45) is 1.56. The molecule has 0 saturated carbocycles. The van der Waals surface area contributed by atoms with Crippen molar-refractivity contribution in [3.63, 3.8) is 0 Å². The Morgan fingerprint density at radius 3 is 2.71 bits per heavy atom. The molecule has 78 valence electrons. The minimum Gasteiger partial charge on any atom is -0.250 e. The summed E-state index contributed by atoms with van der Waals surface area (Å²) >= 11 is 3.04. The van der Waals surface area contributed by atoms with Gasteiger partial charge in [-0.05, 0) is 28.1 Å². The zero-order valence-electron chi connectivity index (χ0n) is 7.96. The lowest BCUT2D eigenvalue weighted by molar-refractivity contribution is 0.621. The summed E-state index contributed by atoms with van der Waals surface area (Å²) in [4.78, 5) is 0. The highest BCUT2D eigenvalue weighted by atomic mass is 79.9. The molecule has 1 aromatic rings. The average Bonchev–Trinajstić information content (AvgIpc) is 2.11. The molecule has 1 atom stereocenters. The van der Waals surface area contributed by atoms with E-state index in [2.05, 4.69) is 20.3 Å². The zero-order chi connectivity index (χ0) is 10.8. The van der Waals surface area contributed by atoms with E-state index in [0.717, 1.165) is 0 Å². The molecule has 0 radical (unpaired) electrons. The van der Waals surface area contributed by atoms with Gasteiger partial charge >= 0.3 is 0 Å². The Balaban J connectivity index is 3.18. The standard InChI is InChI=1S/C9H11BrFNOS/c1-3-14(2,13)12-7-4-5-8(10)9(11)6-7/h4-6H,3H2,1-2H3. The fourth-order valence-corrected chi connectivity index (χ4v) is 1.76. The SMILES string of the molecule is CCS(C)(=O)=Nc1ccc(Br)c(F)c1. The molecule has 1 rings (SSSR count). The van der Waals surface area contributed by atoms with Crippen molar-refractivity contribution in [1.29, 1.82) is 0 Å². The van der Waals surface area contributed by atoms with Crippen molar-refractivity contribution >= 4 is 31.3 Å². The van der Waals surface area contributed by atoms with Gasteiger partial charge in [-0.15, -0.1) is 0 Å². The van der Waals surface area contributed by atoms with Crippen LogP contribution in [0.1, 0.15) is 6.92 Å². The summed E-state index contributed by atoms with van der Waals surface area (Å²) in [6.45, 7) is 1.79. The van der Waals surface area contributed by atoms with E-state index in [-0.39, 0.29) is 0 Å². The Morgan fingerprint density at radius 2 is 2.21 bits per heavy atom. The summed E-state index contributed by atoms with van der Waals surface area (Å²) in [7, 11) is -2.21. The van der Waals surface area contributed by atoms with Crippen LogP contribution in [0.4, 0.5) is 10.1 Å². The van der Waals surface area contributed by atoms with Crippen LogP contribution >= 0.6 is 15.9 Å². The van der Waals surface area contributed by atoms with E-state index in [1.165, 1.54) is 6.07 Å². The van der Waals surface area contributed by atoms with E-state index in [1.54, 1.807) is 25.3 Å². The van der Waals surface area contributed by atoms with Gasteiger partial charge in [0.2, 0.25) is 0 Å². The van der Waals surface area contributed by atoms with Crippen molar-refractivity contribution in [3.05, 3.63) is 28.5 Å². The van der Waals surface area contributed by atoms with Crippen LogP contribution in [-0.4, -0.2) is 16.2 Å². The maximum atomic E-state index is 13.1. The van der Waals surface area contributed by atoms with Gasteiger partial charge in [-0.1, -0.05) is 6.92 Å². The molecule has 0 N–H and O–H groups in total. The Hall–Kier alpha value is -0.420. The number of hydrogen-bond donors (Lipinski definition) is 0. The first-order valence-corrected chi connectivity index (χ1v) is 6.98. The summed E-state index contributed by atoms with van der Waals surface area (Å²) in [5.74, 6) is 0.0718. The molecular formula is C9H11BrFNOS. The third-order valence-corrected chi connectivity index (χ3v) is 4.05. The van der Waals surface area contributed by atoms with E-state index in [9.17, 15) is 8.60 Å². The Bertz CT molecular complexity index is 452. The predicted molar refractivity (Wildman–Crippen MR) is 60.8 cm³/mol. The topological polar surface area (TPSA) is 29.4 Å². The van der Waals surface area contributed by atoms with Crippen molar-refractivity contribution in [3.8, 4) is 0 Å². The molecule has 0 aromatic heterocycles. The highest BCUT2D eigenvalue weighted by Crippen LogP contribution is 2.22. The lowest BCUT2D eigenvalue weighted by Crippen LogP contribution is -1.97. The van der Waals surface area contributed by atoms with Crippen LogP contribution in [0.3, 0.4) is 0 Å². The molecule has 0 aliphatic rings. The molecule has 2 nitrogen and oxygen atoms in total. The highest BCUT2D eigenvalue weighted by molar-refractivity contribution is 9.10. The molecule has 0 aliphatic carbocycles. The number of rotatable bonds is 2. The van der Waals surface area contributed by atoms with Crippen LogP contribution in [0.2, 0.25) is 0 Å². The third kappa shape index (κ3) is 3.06. The summed E-state index contributed by atoms with van der Waals surface area (Å²) in [5, 5.41) is 0. The second kappa shape index (κ2) is 4.40. The monoisotopic (exact) mass is 279 g/mol. The maximum absolute atomic E-state index is 13.1. The van der Waals surface area contributed by atoms with Crippen LogP contribution in [-0.2, 0) is 9.73 Å². The smallest absolute Gasteiger partial charge is 0.139 e. The molecule has 0 spiro atoms. The third-order valence-electron chi connectivity index (χ3n) is 1.74. The molecule has 5 heteroatoms. The normalized spacial score (nSPS) is 14.9. The van der Waals surface area contributed by atoms with Gasteiger partial charge in [-0.2, -0.15) is 4.36 Å². The Kier molecular flexibility index (Phi) is 3.66. The molecular weight excluding hydrogens is 269 g/mol. The van der Waals surface area contributed by atoms with Crippen LogP contribution in [0, 0.1) is 5.82 Å². The van der Waals surface area contributed by atoms with Gasteiger partial charge in [0, 0.05) is 27.8 Å². The fraction of sp³-hybridized carbons (Fsp3) is 0.333. The van der Waals surface area contributed by atoms with Crippen molar-refractivity contribution in [2.24, 2.45) is 4.36 Å². The molecule has 0 aliphatic heterocycles. The quantitative estimate of drug-likeness (QED) is 0.817. The number of benzene rings is 1. The Morgan fingerprint density at radius 1 is 1.57 bits per heavy atom. The zero-order valence-corrected chi connectivity index (χ0v) is 10.4. The fourth-order valence-electron chi connectivity index (χ4n) is 0.829. The average molecular weight is 280 g/mol. The predicted octanol–water partition coefficient (Wildman–Crippen LogP) is 3.34. The first kappa shape index (κ1) is 11.7. The minimum atomic E-state index is -2.21. The second-order valence-corrected chi connectivity index (χ2v) is 6.47. The summed E-state index contributed by atoms with van der Waals surface area (Å²) in [6, 6.07) is 4.45. The van der Waals surface area contributed by atoms with Gasteiger partial charge in [0.1, 0.15) is 5.82 Å². The maximum Gasteiger partial charge on any atom is 0.139 e. The molecule has 0 heterocycles. The highest BCUT2D eigenvalue weighted by Gasteiger charge is 2.02. The van der Waals surface area contributed by atoms with Crippen molar-refractivity contribution in [2.45, 2.75) is 6.92 Å². The first-order chi connectivity index (χ1) is 6.44. The molecule has 0 bridgehead atoms. The second-order valence-electron chi connectivity index (χ2n) is 2.94. The lowest BCUT2D eigenvalue weighted by atomic mass is 10.3. The van der Waals surface area contributed by atoms with Crippen molar-refractivity contribution in [1.82, 2.24) is 0 Å². The molecule has 0 amide bonds. The number of nitrogens with zero attached hydrogens (tertiary/aromatic N) is 1. The van der Waals surface area contributed by atoms with E-state index in [4.69, 9.17) is 0 Å². The van der Waals surface area contributed by atoms with E-state index < -0.39 is 15.5 Å². The van der Waals surface area contributed by atoms with E-state index in [1.807, 2.05) is 0 Å². The van der Waals surface area contributed by atoms with Crippen LogP contribution in [0.25, 0.3) is 0 Å². The van der Waals surface area contributed by atoms with Crippen LogP contribution in [0.15, 0.2) is 27.0 Å². The lowest BCUT2D eigenvalue weighted by Gasteiger charge is -2.00. The van der Waals surface area contributed by atoms with E-state index in [0.29, 0.717) is 15.9 Å². The van der Waals surface area contributed by atoms with Crippen LogP contribution < -0.4 is 0 Å². The minimum absolute atomic E-state index is 0.385. The summed E-state index contributed by atoms with van der Waals surface area (Å²) < 4.78 is 29.0. The van der Waals surface area contributed by atoms with Gasteiger partial charge in [0.25, 0.3) is 0 Å².